The Hall–Kier alpha value is -0.660. The number of hydrogen-bond donors (Lipinski definition) is 0. The van der Waals surface area contributed by atoms with E-state index in [0.29, 0.717) is 24.4 Å². The zero-order chi connectivity index (χ0) is 7.14. The third-order valence-corrected chi connectivity index (χ3v) is 2.72. The molecule has 10 heavy (non-hydrogen) atoms. The predicted molar refractivity (Wildman–Crippen MR) is 35.5 cm³/mol. The minimum Gasteiger partial charge on any atom is -0.299 e. The fourth-order valence-electron chi connectivity index (χ4n) is 1.89. The van der Waals surface area contributed by atoms with Gasteiger partial charge in [0.1, 0.15) is 11.6 Å². The van der Waals surface area contributed by atoms with Crippen LogP contribution in [0.25, 0.3) is 0 Å². The summed E-state index contributed by atoms with van der Waals surface area (Å²) in [6, 6.07) is 0. The lowest BCUT2D eigenvalue weighted by Crippen LogP contribution is -2.42. The van der Waals surface area contributed by atoms with Crippen molar-refractivity contribution in [1.82, 2.24) is 0 Å². The molecule has 0 N–H and O–H groups in total. The quantitative estimate of drug-likeness (QED) is 0.499. The van der Waals surface area contributed by atoms with E-state index in [1.54, 1.807) is 0 Å². The Morgan fingerprint density at radius 3 is 1.60 bits per heavy atom. The van der Waals surface area contributed by atoms with Gasteiger partial charge >= 0.3 is 0 Å². The van der Waals surface area contributed by atoms with E-state index < -0.39 is 0 Å². The first kappa shape index (κ1) is 6.08. The maximum atomic E-state index is 11.0. The van der Waals surface area contributed by atoms with Crippen molar-refractivity contribution >= 4 is 11.6 Å². The van der Waals surface area contributed by atoms with E-state index in [2.05, 4.69) is 0 Å². The monoisotopic (exact) mass is 138 g/mol. The molecule has 0 bridgehead atoms. The maximum Gasteiger partial charge on any atom is 0.137 e. The van der Waals surface area contributed by atoms with Crippen LogP contribution < -0.4 is 0 Å². The Morgan fingerprint density at radius 2 is 1.30 bits per heavy atom. The molecule has 0 radical (unpaired) electrons. The molecule has 0 aromatic rings. The van der Waals surface area contributed by atoms with Gasteiger partial charge in [-0.2, -0.15) is 0 Å². The normalized spacial score (nSPS) is 38.8. The summed E-state index contributed by atoms with van der Waals surface area (Å²) in [6.07, 6.45) is 2.96. The second-order valence-electron chi connectivity index (χ2n) is 3.22. The largest absolute Gasteiger partial charge is 0.299 e. The molecule has 54 valence electrons. The minimum absolute atomic E-state index is 0.140. The number of fused-ring (bicyclic) bond motifs is 1. The highest BCUT2D eigenvalue weighted by molar-refractivity contribution is 5.97. The summed E-state index contributed by atoms with van der Waals surface area (Å²) in [5.74, 6) is 0.939. The van der Waals surface area contributed by atoms with E-state index in [0.717, 1.165) is 12.8 Å². The van der Waals surface area contributed by atoms with E-state index in [1.807, 2.05) is 0 Å². The average Bonchev–Trinajstić information content (AvgIpc) is 1.78. The lowest BCUT2D eigenvalue weighted by Gasteiger charge is -2.37. The summed E-state index contributed by atoms with van der Waals surface area (Å²) in [4.78, 5) is 22.1. The summed E-state index contributed by atoms with van der Waals surface area (Å²) < 4.78 is 0. The Morgan fingerprint density at radius 1 is 0.900 bits per heavy atom. The minimum atomic E-state index is 0.140. The van der Waals surface area contributed by atoms with Crippen LogP contribution in [0.5, 0.6) is 0 Å². The van der Waals surface area contributed by atoms with Crippen LogP contribution in [0, 0.1) is 11.8 Å². The van der Waals surface area contributed by atoms with E-state index >= 15 is 0 Å². The van der Waals surface area contributed by atoms with Gasteiger partial charge in [-0.25, -0.2) is 0 Å². The van der Waals surface area contributed by atoms with Crippen LogP contribution in [0.4, 0.5) is 0 Å². The molecule has 2 unspecified atom stereocenters. The molecule has 2 atom stereocenters. The van der Waals surface area contributed by atoms with Gasteiger partial charge in [-0.1, -0.05) is 0 Å². The van der Waals surface area contributed by atoms with E-state index in [1.165, 1.54) is 0 Å². The highest BCUT2D eigenvalue weighted by Crippen LogP contribution is 2.40. The van der Waals surface area contributed by atoms with Gasteiger partial charge in [0.25, 0.3) is 0 Å². The average molecular weight is 138 g/mol. The molecule has 0 spiro atoms. The van der Waals surface area contributed by atoms with Crippen molar-refractivity contribution in [2.75, 3.05) is 0 Å². The molecule has 2 rings (SSSR count). The molecule has 0 amide bonds. The molecule has 0 aromatic heterocycles. The fraction of sp³-hybridized carbons (Fsp3) is 0.750. The molecule has 2 heteroatoms. The number of rotatable bonds is 0. The first-order valence-corrected chi connectivity index (χ1v) is 3.84. The van der Waals surface area contributed by atoms with Crippen LogP contribution in [-0.2, 0) is 9.59 Å². The second-order valence-corrected chi connectivity index (χ2v) is 3.22. The Kier molecular flexibility index (Phi) is 1.16. The smallest absolute Gasteiger partial charge is 0.137 e. The molecular formula is C8H10O2. The van der Waals surface area contributed by atoms with E-state index in [9.17, 15) is 9.59 Å². The Labute approximate surface area is 59.6 Å². The second kappa shape index (κ2) is 1.91. The summed E-state index contributed by atoms with van der Waals surface area (Å²) in [6.45, 7) is 0. The molecule has 2 aliphatic rings. The molecule has 0 heterocycles. The van der Waals surface area contributed by atoms with Gasteiger partial charge in [-0.3, -0.25) is 9.59 Å². The maximum absolute atomic E-state index is 11.0. The summed E-state index contributed by atoms with van der Waals surface area (Å²) in [5, 5.41) is 0. The molecule has 2 nitrogen and oxygen atoms in total. The van der Waals surface area contributed by atoms with Gasteiger partial charge in [-0.15, -0.1) is 0 Å². The van der Waals surface area contributed by atoms with Crippen LogP contribution in [0.1, 0.15) is 25.7 Å². The van der Waals surface area contributed by atoms with Gasteiger partial charge in [0, 0.05) is 24.7 Å². The number of carbonyl (C=O) groups excluding carboxylic acids is 2. The van der Waals surface area contributed by atoms with Crippen molar-refractivity contribution in [3.8, 4) is 0 Å². The van der Waals surface area contributed by atoms with Crippen molar-refractivity contribution in [1.29, 1.82) is 0 Å². The van der Waals surface area contributed by atoms with Gasteiger partial charge in [0.15, 0.2) is 0 Å². The lowest BCUT2D eigenvalue weighted by atomic mass is 9.64. The molecule has 2 fully saturated rings. The first-order chi connectivity index (χ1) is 4.79. The molecule has 0 aromatic carbocycles. The molecular weight excluding hydrogens is 128 g/mol. The van der Waals surface area contributed by atoms with Gasteiger partial charge in [0.2, 0.25) is 0 Å². The van der Waals surface area contributed by atoms with Crippen molar-refractivity contribution < 1.29 is 9.59 Å². The van der Waals surface area contributed by atoms with Crippen LogP contribution >= 0.6 is 0 Å². The molecule has 2 saturated carbocycles. The van der Waals surface area contributed by atoms with Crippen LogP contribution in [0.15, 0.2) is 0 Å². The highest BCUT2D eigenvalue weighted by atomic mass is 16.1. The first-order valence-electron chi connectivity index (χ1n) is 3.84. The number of ketones is 2. The molecule has 0 saturated heterocycles. The van der Waals surface area contributed by atoms with E-state index in [-0.39, 0.29) is 11.8 Å². The van der Waals surface area contributed by atoms with Crippen LogP contribution in [-0.4, -0.2) is 11.6 Å². The predicted octanol–water partition coefficient (Wildman–Crippen LogP) is 0.945. The van der Waals surface area contributed by atoms with Crippen molar-refractivity contribution in [3.63, 3.8) is 0 Å². The van der Waals surface area contributed by atoms with Gasteiger partial charge in [-0.05, 0) is 12.8 Å². The third kappa shape index (κ3) is 0.648. The van der Waals surface area contributed by atoms with Crippen molar-refractivity contribution in [2.45, 2.75) is 25.7 Å². The fourth-order valence-corrected chi connectivity index (χ4v) is 1.89. The Balaban J connectivity index is 2.16. The Bertz CT molecular complexity index is 173. The topological polar surface area (TPSA) is 34.1 Å². The summed E-state index contributed by atoms with van der Waals surface area (Å²) in [7, 11) is 0. The number of Topliss-reactive ketones (excluding diaryl/α,β-unsaturated/α-hetero) is 2. The van der Waals surface area contributed by atoms with Crippen LogP contribution in [0.2, 0.25) is 0 Å². The molecule has 2 aliphatic carbocycles. The SMILES string of the molecule is O=C1CCC(=O)C2CCC12. The zero-order valence-electron chi connectivity index (χ0n) is 5.80. The summed E-state index contributed by atoms with van der Waals surface area (Å²) >= 11 is 0. The number of carbonyl (C=O) groups is 2. The lowest BCUT2D eigenvalue weighted by molar-refractivity contribution is -0.143. The zero-order valence-corrected chi connectivity index (χ0v) is 5.80. The third-order valence-electron chi connectivity index (χ3n) is 2.72. The highest BCUT2D eigenvalue weighted by Gasteiger charge is 2.43. The van der Waals surface area contributed by atoms with Gasteiger partial charge in [0.05, 0.1) is 0 Å². The standard InChI is InChI=1S/C8H10O2/c9-7-3-4-8(10)6-2-1-5(6)7/h5-6H,1-4H2. The van der Waals surface area contributed by atoms with Gasteiger partial charge < -0.3 is 0 Å². The number of hydrogen-bond acceptors (Lipinski definition) is 2. The van der Waals surface area contributed by atoms with Crippen LogP contribution in [0.3, 0.4) is 0 Å². The van der Waals surface area contributed by atoms with Crippen molar-refractivity contribution in [3.05, 3.63) is 0 Å². The summed E-state index contributed by atoms with van der Waals surface area (Å²) in [5.41, 5.74) is 0. The van der Waals surface area contributed by atoms with E-state index in [4.69, 9.17) is 0 Å². The molecule has 0 aliphatic heterocycles. The van der Waals surface area contributed by atoms with Crippen molar-refractivity contribution in [2.24, 2.45) is 11.8 Å².